The van der Waals surface area contributed by atoms with Gasteiger partial charge in [-0.2, -0.15) is 13.2 Å². The minimum atomic E-state index is -4.47. The molecule has 7 nitrogen and oxygen atoms in total. The van der Waals surface area contributed by atoms with Gasteiger partial charge in [0.25, 0.3) is 5.91 Å². The van der Waals surface area contributed by atoms with Crippen molar-refractivity contribution in [3.8, 4) is 0 Å². The third-order valence-electron chi connectivity index (χ3n) is 4.54. The summed E-state index contributed by atoms with van der Waals surface area (Å²) in [6.45, 7) is -2.03. The molecule has 0 spiro atoms. The van der Waals surface area contributed by atoms with Gasteiger partial charge in [0.2, 0.25) is 6.17 Å². The number of benzene rings is 2. The van der Waals surface area contributed by atoms with Crippen LogP contribution in [-0.4, -0.2) is 56.8 Å². The van der Waals surface area contributed by atoms with Crippen LogP contribution in [0.3, 0.4) is 0 Å². The predicted molar refractivity (Wildman–Crippen MR) is 109 cm³/mol. The second-order valence-corrected chi connectivity index (χ2v) is 6.84. The second kappa shape index (κ2) is 9.77. The average Bonchev–Trinajstić information content (AvgIpc) is 2.84. The molecule has 3 amide bonds. The van der Waals surface area contributed by atoms with Crippen molar-refractivity contribution in [1.29, 1.82) is 0 Å². The summed E-state index contributed by atoms with van der Waals surface area (Å²) < 4.78 is 55.2. The van der Waals surface area contributed by atoms with Crippen molar-refractivity contribution in [2.75, 3.05) is 31.7 Å². The monoisotopic (exact) mass is 452 g/mol. The Morgan fingerprint density at radius 1 is 1.12 bits per heavy atom. The number of ether oxygens (including phenoxy) is 1. The Hall–Kier alpha value is -3.47. The number of urea groups is 1. The number of aliphatic imine (C=N–C) groups is 1. The van der Waals surface area contributed by atoms with E-state index in [1.807, 2.05) is 0 Å². The van der Waals surface area contributed by atoms with Crippen LogP contribution in [0.4, 0.5) is 28.0 Å². The summed E-state index contributed by atoms with van der Waals surface area (Å²) in [5.74, 6) is -1.13. The van der Waals surface area contributed by atoms with Gasteiger partial charge >= 0.3 is 12.2 Å². The molecule has 0 bridgehead atoms. The highest BCUT2D eigenvalue weighted by atomic mass is 19.4. The lowest BCUT2D eigenvalue weighted by Crippen LogP contribution is -2.49. The predicted octanol–water partition coefficient (Wildman–Crippen LogP) is 2.84. The van der Waals surface area contributed by atoms with Crippen molar-refractivity contribution < 1.29 is 31.9 Å². The summed E-state index contributed by atoms with van der Waals surface area (Å²) in [7, 11) is 1.50. The smallest absolute Gasteiger partial charge is 0.370 e. The molecule has 0 radical (unpaired) electrons. The summed E-state index contributed by atoms with van der Waals surface area (Å²) in [5.41, 5.74) is 1.30. The van der Waals surface area contributed by atoms with E-state index in [2.05, 4.69) is 20.4 Å². The highest BCUT2D eigenvalue weighted by Gasteiger charge is 2.31. The summed E-state index contributed by atoms with van der Waals surface area (Å²) in [6.07, 6.45) is -5.86. The van der Waals surface area contributed by atoms with Gasteiger partial charge < -0.3 is 20.3 Å². The normalized spacial score (nSPS) is 16.2. The molecule has 32 heavy (non-hydrogen) atoms. The first kappa shape index (κ1) is 23.2. The fourth-order valence-corrected chi connectivity index (χ4v) is 3.08. The molecule has 0 saturated heterocycles. The number of nitrogens with zero attached hydrogens (tertiary/aromatic N) is 2. The molecule has 2 N–H and O–H groups in total. The Bertz CT molecular complexity index is 1030. The molecule has 2 aromatic rings. The number of benzodiazepines with no additional fused rings is 1. The molecule has 1 atom stereocenters. The highest BCUT2D eigenvalue weighted by molar-refractivity contribution is 6.20. The van der Waals surface area contributed by atoms with Crippen molar-refractivity contribution in [1.82, 2.24) is 10.6 Å². The van der Waals surface area contributed by atoms with E-state index < -0.39 is 36.7 Å². The quantitative estimate of drug-likeness (QED) is 0.522. The summed E-state index contributed by atoms with van der Waals surface area (Å²) in [6, 6.07) is 11.9. The average molecular weight is 452 g/mol. The Morgan fingerprint density at radius 3 is 2.47 bits per heavy atom. The van der Waals surface area contributed by atoms with E-state index in [0.29, 0.717) is 11.3 Å². The lowest BCUT2D eigenvalue weighted by atomic mass is 10.00. The number of alkyl halides is 3. The molecule has 0 aliphatic carbocycles. The van der Waals surface area contributed by atoms with E-state index in [4.69, 9.17) is 0 Å². The fourth-order valence-electron chi connectivity index (χ4n) is 3.08. The lowest BCUT2D eigenvalue weighted by molar-refractivity contribution is -0.173. The van der Waals surface area contributed by atoms with Crippen LogP contribution in [0.5, 0.6) is 0 Å². The van der Waals surface area contributed by atoms with Crippen LogP contribution in [0.15, 0.2) is 53.5 Å². The third-order valence-corrected chi connectivity index (χ3v) is 4.54. The number of amides is 3. The van der Waals surface area contributed by atoms with Crippen molar-refractivity contribution in [2.45, 2.75) is 12.3 Å². The number of nitrogens with one attached hydrogen (secondary N) is 2. The van der Waals surface area contributed by atoms with Gasteiger partial charge in [0.05, 0.1) is 18.0 Å². The number of fused-ring (bicyclic) bond motifs is 1. The Kier molecular flexibility index (Phi) is 7.08. The SMILES string of the molecule is CN1C(=O)C(NC(=O)NCCOCC(F)(F)F)N=C(c2ccccc2F)c2ccccc21. The number of hydrogen-bond acceptors (Lipinski definition) is 4. The standard InChI is InChI=1S/C21H20F4N4O3/c1-29-16-9-5-3-7-14(16)17(13-6-2-4-8-15(13)22)27-18(19(29)30)28-20(31)26-10-11-32-12-21(23,24)25/h2-9,18H,10-12H2,1H3,(H2,26,28,31). The Labute approximate surface area is 181 Å². The number of para-hydroxylation sites is 1. The van der Waals surface area contributed by atoms with E-state index in [1.165, 1.54) is 30.1 Å². The fraction of sp³-hybridized carbons (Fsp3) is 0.286. The molecule has 1 aliphatic rings. The molecule has 0 aromatic heterocycles. The minimum Gasteiger partial charge on any atom is -0.370 e. The zero-order chi connectivity index (χ0) is 23.3. The van der Waals surface area contributed by atoms with Gasteiger partial charge in [-0.1, -0.05) is 30.3 Å². The van der Waals surface area contributed by atoms with E-state index in [9.17, 15) is 27.2 Å². The number of carbonyl (C=O) groups excluding carboxylic acids is 2. The van der Waals surface area contributed by atoms with Gasteiger partial charge in [-0.25, -0.2) is 14.2 Å². The second-order valence-electron chi connectivity index (χ2n) is 6.84. The largest absolute Gasteiger partial charge is 0.411 e. The molecule has 11 heteroatoms. The summed E-state index contributed by atoms with van der Waals surface area (Å²) in [5, 5.41) is 4.67. The van der Waals surface area contributed by atoms with Gasteiger partial charge in [-0.15, -0.1) is 0 Å². The number of halogens is 4. The Balaban J connectivity index is 1.80. The van der Waals surface area contributed by atoms with Crippen LogP contribution in [0, 0.1) is 5.82 Å². The molecule has 0 fully saturated rings. The van der Waals surface area contributed by atoms with Crippen LogP contribution in [-0.2, 0) is 9.53 Å². The van der Waals surface area contributed by atoms with Crippen molar-refractivity contribution in [3.63, 3.8) is 0 Å². The van der Waals surface area contributed by atoms with Gasteiger partial charge in [0.1, 0.15) is 12.4 Å². The molecule has 1 unspecified atom stereocenters. The number of anilines is 1. The van der Waals surface area contributed by atoms with Crippen LogP contribution in [0.1, 0.15) is 11.1 Å². The van der Waals surface area contributed by atoms with Gasteiger partial charge in [0, 0.05) is 24.7 Å². The Morgan fingerprint density at radius 2 is 1.78 bits per heavy atom. The van der Waals surface area contributed by atoms with Crippen LogP contribution >= 0.6 is 0 Å². The van der Waals surface area contributed by atoms with E-state index >= 15 is 0 Å². The number of likely N-dealkylation sites (N-methyl/N-ethyl adjacent to an activating group) is 1. The van der Waals surface area contributed by atoms with Gasteiger partial charge in [-0.05, 0) is 18.2 Å². The first-order chi connectivity index (χ1) is 15.2. The molecule has 2 aromatic carbocycles. The maximum Gasteiger partial charge on any atom is 0.411 e. The topological polar surface area (TPSA) is 83.0 Å². The van der Waals surface area contributed by atoms with E-state index in [-0.39, 0.29) is 24.4 Å². The number of hydrogen-bond donors (Lipinski definition) is 2. The molecular formula is C21H20F4N4O3. The van der Waals surface area contributed by atoms with Crippen LogP contribution in [0.2, 0.25) is 0 Å². The number of carbonyl (C=O) groups is 2. The highest BCUT2D eigenvalue weighted by Crippen LogP contribution is 2.27. The molecule has 0 saturated carbocycles. The molecular weight excluding hydrogens is 432 g/mol. The lowest BCUT2D eigenvalue weighted by Gasteiger charge is -2.21. The maximum absolute atomic E-state index is 14.5. The van der Waals surface area contributed by atoms with Crippen molar-refractivity contribution in [2.24, 2.45) is 4.99 Å². The van der Waals surface area contributed by atoms with E-state index in [1.54, 1.807) is 30.3 Å². The van der Waals surface area contributed by atoms with Gasteiger partial charge in [0.15, 0.2) is 0 Å². The molecule has 1 heterocycles. The maximum atomic E-state index is 14.5. The van der Waals surface area contributed by atoms with Crippen LogP contribution in [0.25, 0.3) is 0 Å². The molecule has 3 rings (SSSR count). The van der Waals surface area contributed by atoms with Crippen LogP contribution < -0.4 is 15.5 Å². The first-order valence-electron chi connectivity index (χ1n) is 9.56. The summed E-state index contributed by atoms with van der Waals surface area (Å²) >= 11 is 0. The first-order valence-corrected chi connectivity index (χ1v) is 9.56. The zero-order valence-corrected chi connectivity index (χ0v) is 16.9. The minimum absolute atomic E-state index is 0.149. The zero-order valence-electron chi connectivity index (χ0n) is 16.9. The van der Waals surface area contributed by atoms with Gasteiger partial charge in [-0.3, -0.25) is 4.79 Å². The molecule has 1 aliphatic heterocycles. The van der Waals surface area contributed by atoms with Crippen molar-refractivity contribution in [3.05, 3.63) is 65.5 Å². The third kappa shape index (κ3) is 5.61. The van der Waals surface area contributed by atoms with E-state index in [0.717, 1.165) is 0 Å². The van der Waals surface area contributed by atoms with Crippen molar-refractivity contribution >= 4 is 23.3 Å². The molecule has 170 valence electrons. The summed E-state index contributed by atoms with van der Waals surface area (Å²) in [4.78, 5) is 30.8. The number of rotatable bonds is 6.